The van der Waals surface area contributed by atoms with Crippen LogP contribution in [0.2, 0.25) is 0 Å². The fourth-order valence-electron chi connectivity index (χ4n) is 1.63. The Balaban J connectivity index is 2.19. The van der Waals surface area contributed by atoms with Crippen LogP contribution in [0.3, 0.4) is 0 Å². The summed E-state index contributed by atoms with van der Waals surface area (Å²) in [5.41, 5.74) is 0. The molecule has 1 saturated heterocycles. The van der Waals surface area contributed by atoms with Crippen molar-refractivity contribution in [1.29, 1.82) is 0 Å². The van der Waals surface area contributed by atoms with Crippen LogP contribution < -0.4 is 5.32 Å². The van der Waals surface area contributed by atoms with Crippen molar-refractivity contribution in [2.75, 3.05) is 40.5 Å². The Hall–Kier alpha value is -0.810. The van der Waals surface area contributed by atoms with Gasteiger partial charge in [0.2, 0.25) is 0 Å². The van der Waals surface area contributed by atoms with Gasteiger partial charge < -0.3 is 19.7 Å². The topological polar surface area (TPSA) is 50.8 Å². The van der Waals surface area contributed by atoms with Crippen molar-refractivity contribution in [1.82, 2.24) is 10.2 Å². The fraction of sp³-hybridized carbons (Fsp3) is 0.900. The highest BCUT2D eigenvalue weighted by atomic mass is 16.5. The molecular weight excluding hydrogens is 196 g/mol. The van der Waals surface area contributed by atoms with Crippen LogP contribution in [0.15, 0.2) is 0 Å². The molecule has 0 aromatic rings. The second kappa shape index (κ2) is 6.63. The minimum absolute atomic E-state index is 0.00523. The Bertz CT molecular complexity index is 193. The molecule has 15 heavy (non-hydrogen) atoms. The molecule has 0 bridgehead atoms. The summed E-state index contributed by atoms with van der Waals surface area (Å²) in [4.78, 5) is 13.4. The summed E-state index contributed by atoms with van der Waals surface area (Å²) in [6, 6.07) is 0.00523. The van der Waals surface area contributed by atoms with Gasteiger partial charge in [-0.15, -0.1) is 0 Å². The quantitative estimate of drug-likeness (QED) is 0.726. The maximum Gasteiger partial charge on any atom is 0.317 e. The van der Waals surface area contributed by atoms with Crippen LogP contribution >= 0.6 is 0 Å². The molecule has 0 radical (unpaired) electrons. The van der Waals surface area contributed by atoms with Gasteiger partial charge in [-0.1, -0.05) is 0 Å². The number of methoxy groups -OCH3 is 2. The molecule has 0 aliphatic carbocycles. The number of nitrogens with one attached hydrogen (secondary N) is 1. The van der Waals surface area contributed by atoms with Crippen molar-refractivity contribution in [2.24, 2.45) is 0 Å². The van der Waals surface area contributed by atoms with Gasteiger partial charge in [0.15, 0.2) is 0 Å². The van der Waals surface area contributed by atoms with E-state index in [2.05, 4.69) is 5.32 Å². The van der Waals surface area contributed by atoms with Gasteiger partial charge in [0.25, 0.3) is 0 Å². The predicted molar refractivity (Wildman–Crippen MR) is 56.9 cm³/mol. The number of nitrogens with zero attached hydrogens (tertiary/aromatic N) is 1. The number of hydrogen-bond donors (Lipinski definition) is 1. The monoisotopic (exact) mass is 216 g/mol. The third-order valence-electron chi connectivity index (χ3n) is 2.56. The zero-order valence-corrected chi connectivity index (χ0v) is 9.49. The minimum Gasteiger partial charge on any atom is -0.382 e. The van der Waals surface area contributed by atoms with Crippen LogP contribution in [0, 0.1) is 0 Å². The first-order valence-electron chi connectivity index (χ1n) is 5.32. The van der Waals surface area contributed by atoms with E-state index < -0.39 is 0 Å². The molecule has 88 valence electrons. The number of carbonyl (C=O) groups is 1. The largest absolute Gasteiger partial charge is 0.382 e. The van der Waals surface area contributed by atoms with Crippen LogP contribution in [0.1, 0.15) is 12.8 Å². The molecule has 5 nitrogen and oxygen atoms in total. The van der Waals surface area contributed by atoms with E-state index in [4.69, 9.17) is 9.47 Å². The van der Waals surface area contributed by atoms with Crippen LogP contribution in [0.4, 0.5) is 4.79 Å². The van der Waals surface area contributed by atoms with Crippen LogP contribution in [0.5, 0.6) is 0 Å². The molecule has 1 aliphatic rings. The SMILES string of the molecule is COCC(CNC(=O)N1CCCC1)OC. The third-order valence-corrected chi connectivity index (χ3v) is 2.56. The van der Waals surface area contributed by atoms with Crippen LogP contribution in [-0.2, 0) is 9.47 Å². The number of hydrogen-bond acceptors (Lipinski definition) is 3. The van der Waals surface area contributed by atoms with Crippen molar-refractivity contribution in [2.45, 2.75) is 18.9 Å². The Morgan fingerprint density at radius 1 is 1.40 bits per heavy atom. The number of ether oxygens (including phenoxy) is 2. The van der Waals surface area contributed by atoms with E-state index >= 15 is 0 Å². The molecule has 1 atom stereocenters. The molecule has 5 heteroatoms. The molecular formula is C10H20N2O3. The maximum atomic E-state index is 11.6. The number of amides is 2. The smallest absolute Gasteiger partial charge is 0.317 e. The van der Waals surface area contributed by atoms with Gasteiger partial charge in [-0.05, 0) is 12.8 Å². The van der Waals surface area contributed by atoms with Gasteiger partial charge in [-0.25, -0.2) is 4.79 Å². The molecule has 0 aromatic heterocycles. The van der Waals surface area contributed by atoms with Gasteiger partial charge in [-0.2, -0.15) is 0 Å². The number of rotatable bonds is 5. The van der Waals surface area contributed by atoms with Crippen LogP contribution in [0.25, 0.3) is 0 Å². The second-order valence-corrected chi connectivity index (χ2v) is 3.69. The Labute approximate surface area is 90.7 Å². The van der Waals surface area contributed by atoms with E-state index in [1.807, 2.05) is 4.90 Å². The molecule has 0 spiro atoms. The molecule has 2 amide bonds. The van der Waals surface area contributed by atoms with E-state index in [9.17, 15) is 4.79 Å². The average molecular weight is 216 g/mol. The summed E-state index contributed by atoms with van der Waals surface area (Å²) < 4.78 is 10.1. The van der Waals surface area contributed by atoms with Gasteiger partial charge >= 0.3 is 6.03 Å². The van der Waals surface area contributed by atoms with E-state index in [-0.39, 0.29) is 12.1 Å². The van der Waals surface area contributed by atoms with Gasteiger partial charge in [0, 0.05) is 33.9 Å². The molecule has 0 aromatic carbocycles. The fourth-order valence-corrected chi connectivity index (χ4v) is 1.63. The lowest BCUT2D eigenvalue weighted by Crippen LogP contribution is -2.42. The van der Waals surface area contributed by atoms with Crippen molar-refractivity contribution < 1.29 is 14.3 Å². The highest BCUT2D eigenvalue weighted by Crippen LogP contribution is 2.06. The molecule has 1 N–H and O–H groups in total. The van der Waals surface area contributed by atoms with Gasteiger partial charge in [0.05, 0.1) is 12.7 Å². The first kappa shape index (κ1) is 12.3. The maximum absolute atomic E-state index is 11.6. The minimum atomic E-state index is -0.0680. The Kier molecular flexibility index (Phi) is 5.42. The third kappa shape index (κ3) is 4.05. The standard InChI is InChI=1S/C10H20N2O3/c1-14-8-9(15-2)7-11-10(13)12-5-3-4-6-12/h9H,3-8H2,1-2H3,(H,11,13). The Morgan fingerprint density at radius 2 is 2.07 bits per heavy atom. The summed E-state index contributed by atoms with van der Waals surface area (Å²) in [5, 5.41) is 2.84. The predicted octanol–water partition coefficient (Wildman–Crippen LogP) is 0.453. The zero-order chi connectivity index (χ0) is 11.1. The van der Waals surface area contributed by atoms with Gasteiger partial charge in [-0.3, -0.25) is 0 Å². The molecule has 1 fully saturated rings. The van der Waals surface area contributed by atoms with Crippen molar-refractivity contribution in [3.63, 3.8) is 0 Å². The molecule has 1 unspecified atom stereocenters. The highest BCUT2D eigenvalue weighted by Gasteiger charge is 2.18. The highest BCUT2D eigenvalue weighted by molar-refractivity contribution is 5.74. The van der Waals surface area contributed by atoms with Crippen molar-refractivity contribution in [3.8, 4) is 0 Å². The summed E-state index contributed by atoms with van der Waals surface area (Å²) in [6.07, 6.45) is 2.15. The zero-order valence-electron chi connectivity index (χ0n) is 9.49. The van der Waals surface area contributed by atoms with E-state index in [1.165, 1.54) is 0 Å². The summed E-state index contributed by atoms with van der Waals surface area (Å²) in [6.45, 7) is 2.73. The van der Waals surface area contributed by atoms with E-state index in [1.54, 1.807) is 14.2 Å². The lowest BCUT2D eigenvalue weighted by atomic mass is 10.4. The van der Waals surface area contributed by atoms with Crippen LogP contribution in [-0.4, -0.2) is 57.5 Å². The van der Waals surface area contributed by atoms with Crippen molar-refractivity contribution in [3.05, 3.63) is 0 Å². The molecule has 1 aliphatic heterocycles. The first-order valence-corrected chi connectivity index (χ1v) is 5.32. The molecule has 1 rings (SSSR count). The molecule has 0 saturated carbocycles. The van der Waals surface area contributed by atoms with Crippen molar-refractivity contribution >= 4 is 6.03 Å². The second-order valence-electron chi connectivity index (χ2n) is 3.69. The lowest BCUT2D eigenvalue weighted by molar-refractivity contribution is 0.0298. The normalized spacial score (nSPS) is 17.9. The van der Waals surface area contributed by atoms with E-state index in [0.29, 0.717) is 13.2 Å². The summed E-state index contributed by atoms with van der Waals surface area (Å²) in [7, 11) is 3.24. The van der Waals surface area contributed by atoms with Gasteiger partial charge in [0.1, 0.15) is 0 Å². The number of carbonyl (C=O) groups excluding carboxylic acids is 1. The summed E-state index contributed by atoms with van der Waals surface area (Å²) >= 11 is 0. The Morgan fingerprint density at radius 3 is 2.60 bits per heavy atom. The number of likely N-dealkylation sites (tertiary alicyclic amines) is 1. The lowest BCUT2D eigenvalue weighted by Gasteiger charge is -2.19. The average Bonchev–Trinajstić information content (AvgIpc) is 2.77. The van der Waals surface area contributed by atoms with E-state index in [0.717, 1.165) is 25.9 Å². The number of urea groups is 1. The summed E-state index contributed by atoms with van der Waals surface area (Å²) in [5.74, 6) is 0. The molecule has 1 heterocycles. The first-order chi connectivity index (χ1) is 7.27.